The second kappa shape index (κ2) is 8.63. The van der Waals surface area contributed by atoms with Gasteiger partial charge in [0.2, 0.25) is 14.7 Å². The van der Waals surface area contributed by atoms with Gasteiger partial charge in [-0.25, -0.2) is 13.2 Å². The lowest BCUT2D eigenvalue weighted by atomic mass is 10.1. The fourth-order valence-electron chi connectivity index (χ4n) is 2.06. The molecule has 4 N–H and O–H groups in total. The van der Waals surface area contributed by atoms with Crippen LogP contribution in [0.25, 0.3) is 0 Å². The summed E-state index contributed by atoms with van der Waals surface area (Å²) in [5.41, 5.74) is 12.4. The van der Waals surface area contributed by atoms with Crippen LogP contribution in [0.1, 0.15) is 24.8 Å². The van der Waals surface area contributed by atoms with Crippen molar-refractivity contribution in [1.82, 2.24) is 0 Å². The topological polar surface area (TPSA) is 112 Å². The quantitative estimate of drug-likeness (QED) is 0.389. The molecule has 130 valence electrons. The van der Waals surface area contributed by atoms with Crippen LogP contribution < -0.4 is 11.5 Å². The average molecular weight is 363 g/mol. The van der Waals surface area contributed by atoms with Gasteiger partial charge in [-0.15, -0.1) is 11.6 Å². The summed E-state index contributed by atoms with van der Waals surface area (Å²) >= 11 is 5.49. The summed E-state index contributed by atoms with van der Waals surface area (Å²) in [5.74, 6) is -0.925. The number of unbranched alkanes of at least 4 members (excludes halogenated alkanes) is 1. The van der Waals surface area contributed by atoms with Crippen molar-refractivity contribution >= 4 is 27.4 Å². The molecule has 0 aliphatic heterocycles. The van der Waals surface area contributed by atoms with Gasteiger partial charge in [0.25, 0.3) is 0 Å². The highest BCUT2D eigenvalue weighted by Gasteiger charge is 2.49. The van der Waals surface area contributed by atoms with Crippen LogP contribution in [0.4, 0.5) is 0 Å². The Morgan fingerprint density at radius 1 is 1.26 bits per heavy atom. The molecule has 6 nitrogen and oxygen atoms in total. The lowest BCUT2D eigenvalue weighted by Crippen LogP contribution is -2.55. The average Bonchev–Trinajstić information content (AvgIpc) is 2.52. The number of benzene rings is 1. The molecule has 0 radical (unpaired) electrons. The Bertz CT molecular complexity index is 619. The number of carbonyl (C=O) groups is 1. The third-order valence-corrected chi connectivity index (χ3v) is 5.85. The van der Waals surface area contributed by atoms with E-state index in [0.717, 1.165) is 5.56 Å². The van der Waals surface area contributed by atoms with Crippen molar-refractivity contribution in [2.75, 3.05) is 19.0 Å². The summed E-state index contributed by atoms with van der Waals surface area (Å²) in [6.45, 7) is 2.12. The molecule has 0 aliphatic carbocycles. The third kappa shape index (κ3) is 4.67. The predicted molar refractivity (Wildman–Crippen MR) is 89.9 cm³/mol. The Morgan fingerprint density at radius 3 is 2.39 bits per heavy atom. The first-order valence-electron chi connectivity index (χ1n) is 7.33. The van der Waals surface area contributed by atoms with Gasteiger partial charge in [0.1, 0.15) is 6.61 Å². The highest BCUT2D eigenvalue weighted by atomic mass is 35.5. The van der Waals surface area contributed by atoms with E-state index >= 15 is 0 Å². The van der Waals surface area contributed by atoms with Crippen LogP contribution in [0.2, 0.25) is 0 Å². The number of hydrogen-bond donors (Lipinski definition) is 2. The van der Waals surface area contributed by atoms with Gasteiger partial charge in [-0.2, -0.15) is 0 Å². The Morgan fingerprint density at radius 2 is 1.87 bits per heavy atom. The lowest BCUT2D eigenvalue weighted by molar-refractivity contribution is -0.146. The third-order valence-electron chi connectivity index (χ3n) is 3.47. The number of carbonyl (C=O) groups excluding carboxylic acids is 1. The molecule has 1 aromatic carbocycles. The Balaban J connectivity index is 3.19. The van der Waals surface area contributed by atoms with E-state index in [-0.39, 0.29) is 23.8 Å². The van der Waals surface area contributed by atoms with Crippen LogP contribution >= 0.6 is 11.6 Å². The molecule has 0 saturated heterocycles. The molecule has 1 aromatic rings. The molecule has 0 fully saturated rings. The highest BCUT2D eigenvalue weighted by molar-refractivity contribution is 7.93. The van der Waals surface area contributed by atoms with Crippen LogP contribution in [0.15, 0.2) is 29.2 Å². The number of esters is 1. The largest absolute Gasteiger partial charge is 0.462 e. The summed E-state index contributed by atoms with van der Waals surface area (Å²) in [7, 11) is -4.11. The molecule has 1 atom stereocenters. The minimum atomic E-state index is -4.11. The maximum Gasteiger partial charge on any atom is 0.342 e. The number of alkyl halides is 1. The van der Waals surface area contributed by atoms with E-state index in [0.29, 0.717) is 19.4 Å². The van der Waals surface area contributed by atoms with Gasteiger partial charge in [-0.3, -0.25) is 0 Å². The SMILES string of the molecule is Cc1ccc(S(=O)(=O)[C@](N)(CCCCN)C(=O)OCCCl)cc1. The number of sulfone groups is 1. The molecule has 8 heteroatoms. The molecule has 23 heavy (non-hydrogen) atoms. The molecular weight excluding hydrogens is 340 g/mol. The van der Waals surface area contributed by atoms with E-state index in [4.69, 9.17) is 27.8 Å². The number of ether oxygens (including phenoxy) is 1. The molecule has 0 aliphatic rings. The zero-order valence-electron chi connectivity index (χ0n) is 13.1. The number of hydrogen-bond acceptors (Lipinski definition) is 6. The second-order valence-corrected chi connectivity index (χ2v) is 7.86. The molecule has 0 aromatic heterocycles. The summed E-state index contributed by atoms with van der Waals surface area (Å²) < 4.78 is 30.7. The zero-order chi connectivity index (χ0) is 17.5. The Labute approximate surface area is 142 Å². The van der Waals surface area contributed by atoms with Crippen molar-refractivity contribution in [1.29, 1.82) is 0 Å². The molecular formula is C15H23ClN2O4S. The van der Waals surface area contributed by atoms with Crippen molar-refractivity contribution in [3.05, 3.63) is 29.8 Å². The fraction of sp³-hybridized carbons (Fsp3) is 0.533. The predicted octanol–water partition coefficient (Wildman–Crippen LogP) is 1.33. The second-order valence-electron chi connectivity index (χ2n) is 5.28. The molecule has 0 bridgehead atoms. The maximum absolute atomic E-state index is 12.9. The van der Waals surface area contributed by atoms with Crippen LogP contribution in [-0.2, 0) is 19.4 Å². The minimum absolute atomic E-state index is 0.0128. The van der Waals surface area contributed by atoms with Gasteiger partial charge in [0.05, 0.1) is 10.8 Å². The van der Waals surface area contributed by atoms with Gasteiger partial charge in [-0.1, -0.05) is 17.7 Å². The standard InChI is InChI=1S/C15H23ClN2O4S/c1-12-4-6-13(7-5-12)23(20,21)15(18,8-2-3-10-17)14(19)22-11-9-16/h4-7H,2-3,8-11,17-18H2,1H3/t15-/m1/s1. The fourth-order valence-corrected chi connectivity index (χ4v) is 3.74. The van der Waals surface area contributed by atoms with Crippen molar-refractivity contribution in [3.8, 4) is 0 Å². The van der Waals surface area contributed by atoms with E-state index in [1.807, 2.05) is 6.92 Å². The minimum Gasteiger partial charge on any atom is -0.462 e. The molecule has 0 unspecified atom stereocenters. The summed E-state index contributed by atoms with van der Waals surface area (Å²) in [6, 6.07) is 6.17. The monoisotopic (exact) mass is 362 g/mol. The summed E-state index contributed by atoms with van der Waals surface area (Å²) in [5, 5.41) is 0. The Hall–Kier alpha value is -1.15. The summed E-state index contributed by atoms with van der Waals surface area (Å²) in [4.78, 5) is 10.1. The van der Waals surface area contributed by atoms with E-state index in [9.17, 15) is 13.2 Å². The van der Waals surface area contributed by atoms with Crippen molar-refractivity contribution in [2.24, 2.45) is 11.5 Å². The molecule has 1 rings (SSSR count). The van der Waals surface area contributed by atoms with Gasteiger partial charge in [0, 0.05) is 0 Å². The van der Waals surface area contributed by atoms with Crippen molar-refractivity contribution < 1.29 is 17.9 Å². The van der Waals surface area contributed by atoms with Gasteiger partial charge < -0.3 is 16.2 Å². The smallest absolute Gasteiger partial charge is 0.342 e. The number of halogens is 1. The van der Waals surface area contributed by atoms with Crippen molar-refractivity contribution in [3.63, 3.8) is 0 Å². The first-order chi connectivity index (χ1) is 10.8. The normalized spacial score (nSPS) is 14.3. The van der Waals surface area contributed by atoms with Crippen LogP contribution in [0.5, 0.6) is 0 Å². The van der Waals surface area contributed by atoms with E-state index in [2.05, 4.69) is 0 Å². The molecule has 0 spiro atoms. The van der Waals surface area contributed by atoms with Gasteiger partial charge in [0.15, 0.2) is 0 Å². The van der Waals surface area contributed by atoms with Crippen LogP contribution in [-0.4, -0.2) is 38.3 Å². The summed E-state index contributed by atoms with van der Waals surface area (Å²) in [6.07, 6.45) is 0.890. The number of nitrogens with two attached hydrogens (primary N) is 2. The first-order valence-corrected chi connectivity index (χ1v) is 9.35. The van der Waals surface area contributed by atoms with Crippen molar-refractivity contribution in [2.45, 2.75) is 36.0 Å². The van der Waals surface area contributed by atoms with Crippen LogP contribution in [0.3, 0.4) is 0 Å². The molecule has 0 saturated carbocycles. The number of aryl methyl sites for hydroxylation is 1. The Kier molecular flexibility index (Phi) is 7.47. The highest BCUT2D eigenvalue weighted by Crippen LogP contribution is 2.28. The van der Waals surface area contributed by atoms with Gasteiger partial charge in [-0.05, 0) is 44.9 Å². The maximum atomic E-state index is 12.9. The lowest BCUT2D eigenvalue weighted by Gasteiger charge is -2.27. The molecule has 0 amide bonds. The first kappa shape index (κ1) is 19.9. The van der Waals surface area contributed by atoms with Gasteiger partial charge >= 0.3 is 5.97 Å². The van der Waals surface area contributed by atoms with E-state index in [1.165, 1.54) is 12.1 Å². The van der Waals surface area contributed by atoms with E-state index in [1.54, 1.807) is 12.1 Å². The molecule has 0 heterocycles. The van der Waals surface area contributed by atoms with E-state index < -0.39 is 20.7 Å². The number of rotatable bonds is 9. The van der Waals surface area contributed by atoms with Crippen LogP contribution in [0, 0.1) is 6.92 Å². The zero-order valence-corrected chi connectivity index (χ0v) is 14.7.